The topological polar surface area (TPSA) is 37.8 Å². The monoisotopic (exact) mass is 255 g/mol. The number of fused-ring (bicyclic) bond motifs is 1. The van der Waals surface area contributed by atoms with Crippen LogP contribution in [0.5, 0.6) is 0 Å². The van der Waals surface area contributed by atoms with Crippen LogP contribution in [0.1, 0.15) is 11.3 Å². The summed E-state index contributed by atoms with van der Waals surface area (Å²) in [7, 11) is 0. The summed E-state index contributed by atoms with van der Waals surface area (Å²) in [4.78, 5) is 0. The van der Waals surface area contributed by atoms with E-state index < -0.39 is 0 Å². The summed E-state index contributed by atoms with van der Waals surface area (Å²) < 4.78 is 0. The first-order valence-electron chi connectivity index (χ1n) is 5.81. The highest BCUT2D eigenvalue weighted by Gasteiger charge is 2.05. The number of rotatable bonds is 3. The fourth-order valence-electron chi connectivity index (χ4n) is 1.95. The number of hydrogen-bond acceptors (Lipinski definition) is 4. The molecule has 0 atom stereocenters. The van der Waals surface area contributed by atoms with E-state index in [4.69, 9.17) is 0 Å². The van der Waals surface area contributed by atoms with Gasteiger partial charge in [-0.15, -0.1) is 5.10 Å². The van der Waals surface area contributed by atoms with Crippen LogP contribution < -0.4 is 5.32 Å². The van der Waals surface area contributed by atoms with E-state index in [0.29, 0.717) is 0 Å². The van der Waals surface area contributed by atoms with Crippen LogP contribution in [0.4, 0.5) is 5.82 Å². The van der Waals surface area contributed by atoms with Crippen LogP contribution in [0, 0.1) is 6.92 Å². The Hall–Kier alpha value is -1.94. The van der Waals surface area contributed by atoms with Gasteiger partial charge in [0.15, 0.2) is 5.82 Å². The molecule has 18 heavy (non-hydrogen) atoms. The summed E-state index contributed by atoms with van der Waals surface area (Å²) in [5.74, 6) is 0.849. The third-order valence-corrected chi connectivity index (χ3v) is 3.64. The lowest BCUT2D eigenvalue weighted by Crippen LogP contribution is -2.03. The Morgan fingerprint density at radius 1 is 1.11 bits per heavy atom. The van der Waals surface area contributed by atoms with E-state index in [1.54, 1.807) is 11.3 Å². The predicted molar refractivity (Wildman–Crippen MR) is 75.9 cm³/mol. The number of aromatic nitrogens is 2. The van der Waals surface area contributed by atoms with Crippen LogP contribution in [0.3, 0.4) is 0 Å². The second-order valence-electron chi connectivity index (χ2n) is 4.16. The highest BCUT2D eigenvalue weighted by atomic mass is 32.1. The van der Waals surface area contributed by atoms with Crippen LogP contribution in [0.25, 0.3) is 10.8 Å². The van der Waals surface area contributed by atoms with Crippen molar-refractivity contribution in [1.82, 2.24) is 10.2 Å². The summed E-state index contributed by atoms with van der Waals surface area (Å²) in [6.07, 6.45) is 0. The summed E-state index contributed by atoms with van der Waals surface area (Å²) >= 11 is 1.70. The number of nitrogens with zero attached hydrogens (tertiary/aromatic N) is 2. The van der Waals surface area contributed by atoms with Crippen molar-refractivity contribution in [3.05, 3.63) is 52.3 Å². The SMILES string of the molecule is Cc1nnc(NCc2ccsc2)c2ccccc12. The van der Waals surface area contributed by atoms with Crippen molar-refractivity contribution in [2.45, 2.75) is 13.5 Å². The number of anilines is 1. The van der Waals surface area contributed by atoms with Crippen LogP contribution in [0.15, 0.2) is 41.1 Å². The maximum Gasteiger partial charge on any atom is 0.156 e. The maximum absolute atomic E-state index is 4.25. The minimum atomic E-state index is 0.783. The third kappa shape index (κ3) is 2.07. The molecular formula is C14H13N3S. The van der Waals surface area contributed by atoms with Crippen molar-refractivity contribution in [3.63, 3.8) is 0 Å². The number of aryl methyl sites for hydroxylation is 1. The maximum atomic E-state index is 4.25. The molecule has 0 bridgehead atoms. The van der Waals surface area contributed by atoms with E-state index in [-0.39, 0.29) is 0 Å². The zero-order valence-corrected chi connectivity index (χ0v) is 10.9. The van der Waals surface area contributed by atoms with Crippen molar-refractivity contribution in [3.8, 4) is 0 Å². The molecule has 0 radical (unpaired) electrons. The molecule has 0 fully saturated rings. The summed E-state index contributed by atoms with van der Waals surface area (Å²) in [5, 5.41) is 18.3. The lowest BCUT2D eigenvalue weighted by Gasteiger charge is -2.08. The Balaban J connectivity index is 1.94. The largest absolute Gasteiger partial charge is 0.364 e. The molecule has 1 N–H and O–H groups in total. The summed E-state index contributed by atoms with van der Waals surface area (Å²) in [6, 6.07) is 10.3. The smallest absolute Gasteiger partial charge is 0.156 e. The molecule has 3 aromatic rings. The van der Waals surface area contributed by atoms with Gasteiger partial charge in [0.1, 0.15) is 0 Å². The highest BCUT2D eigenvalue weighted by molar-refractivity contribution is 7.07. The minimum Gasteiger partial charge on any atom is -0.364 e. The zero-order chi connectivity index (χ0) is 12.4. The van der Waals surface area contributed by atoms with Crippen molar-refractivity contribution >= 4 is 27.9 Å². The molecule has 90 valence electrons. The van der Waals surface area contributed by atoms with E-state index in [1.165, 1.54) is 5.56 Å². The van der Waals surface area contributed by atoms with E-state index >= 15 is 0 Å². The van der Waals surface area contributed by atoms with Gasteiger partial charge in [0.25, 0.3) is 0 Å². The lowest BCUT2D eigenvalue weighted by molar-refractivity contribution is 0.984. The van der Waals surface area contributed by atoms with Crippen molar-refractivity contribution in [2.24, 2.45) is 0 Å². The normalized spacial score (nSPS) is 10.7. The molecular weight excluding hydrogens is 242 g/mol. The third-order valence-electron chi connectivity index (χ3n) is 2.91. The molecule has 0 aliphatic carbocycles. The van der Waals surface area contributed by atoms with Gasteiger partial charge in [0.2, 0.25) is 0 Å². The van der Waals surface area contributed by atoms with Gasteiger partial charge in [-0.2, -0.15) is 16.4 Å². The molecule has 0 amide bonds. The Morgan fingerprint density at radius 2 is 1.94 bits per heavy atom. The van der Waals surface area contributed by atoms with Gasteiger partial charge in [-0.05, 0) is 29.3 Å². The lowest BCUT2D eigenvalue weighted by atomic mass is 10.1. The zero-order valence-electron chi connectivity index (χ0n) is 10.1. The van der Waals surface area contributed by atoms with Crippen LogP contribution in [0.2, 0.25) is 0 Å². The summed E-state index contributed by atoms with van der Waals surface area (Å²) in [5.41, 5.74) is 2.23. The van der Waals surface area contributed by atoms with E-state index in [9.17, 15) is 0 Å². The van der Waals surface area contributed by atoms with Crippen molar-refractivity contribution < 1.29 is 0 Å². The molecule has 4 heteroatoms. The first-order chi connectivity index (χ1) is 8.84. The molecule has 0 unspecified atom stereocenters. The average molecular weight is 255 g/mol. The fraction of sp³-hybridized carbons (Fsp3) is 0.143. The van der Waals surface area contributed by atoms with Crippen LogP contribution in [-0.2, 0) is 6.54 Å². The number of nitrogens with one attached hydrogen (secondary N) is 1. The van der Waals surface area contributed by atoms with Gasteiger partial charge in [0.05, 0.1) is 5.69 Å². The standard InChI is InChI=1S/C14H13N3S/c1-10-12-4-2-3-5-13(12)14(17-16-10)15-8-11-6-7-18-9-11/h2-7,9H,8H2,1H3,(H,15,17). The number of thiophene rings is 1. The van der Waals surface area contributed by atoms with E-state index in [1.807, 2.05) is 19.1 Å². The number of hydrogen-bond donors (Lipinski definition) is 1. The average Bonchev–Trinajstić information content (AvgIpc) is 2.92. The second-order valence-corrected chi connectivity index (χ2v) is 4.94. The molecule has 3 rings (SSSR count). The van der Waals surface area contributed by atoms with Gasteiger partial charge in [0, 0.05) is 17.3 Å². The molecule has 3 nitrogen and oxygen atoms in total. The molecule has 2 heterocycles. The van der Waals surface area contributed by atoms with Gasteiger partial charge >= 0.3 is 0 Å². The Labute approximate surface area is 109 Å². The molecule has 0 spiro atoms. The molecule has 0 saturated carbocycles. The Bertz CT molecular complexity index is 662. The quantitative estimate of drug-likeness (QED) is 0.777. The van der Waals surface area contributed by atoms with Gasteiger partial charge in [-0.1, -0.05) is 24.3 Å². The Kier molecular flexibility index (Phi) is 2.94. The highest BCUT2D eigenvalue weighted by Crippen LogP contribution is 2.22. The van der Waals surface area contributed by atoms with E-state index in [0.717, 1.165) is 28.8 Å². The minimum absolute atomic E-state index is 0.783. The molecule has 2 aromatic heterocycles. The van der Waals surface area contributed by atoms with Gasteiger partial charge in [-0.3, -0.25) is 0 Å². The van der Waals surface area contributed by atoms with Crippen LogP contribution >= 0.6 is 11.3 Å². The van der Waals surface area contributed by atoms with Crippen molar-refractivity contribution in [1.29, 1.82) is 0 Å². The predicted octanol–water partition coefficient (Wildman–Crippen LogP) is 3.61. The molecule has 0 aliphatic heterocycles. The number of benzene rings is 1. The first kappa shape index (κ1) is 11.2. The summed E-state index contributed by atoms with van der Waals surface area (Å²) in [6.45, 7) is 2.77. The van der Waals surface area contributed by atoms with Gasteiger partial charge in [-0.25, -0.2) is 0 Å². The molecule has 0 saturated heterocycles. The van der Waals surface area contributed by atoms with E-state index in [2.05, 4.69) is 44.5 Å². The van der Waals surface area contributed by atoms with Crippen LogP contribution in [-0.4, -0.2) is 10.2 Å². The molecule has 1 aromatic carbocycles. The Morgan fingerprint density at radius 3 is 2.72 bits per heavy atom. The second kappa shape index (κ2) is 4.74. The van der Waals surface area contributed by atoms with Crippen molar-refractivity contribution in [2.75, 3.05) is 5.32 Å². The molecule has 0 aliphatic rings. The van der Waals surface area contributed by atoms with Gasteiger partial charge < -0.3 is 5.32 Å². The first-order valence-corrected chi connectivity index (χ1v) is 6.76. The fourth-order valence-corrected chi connectivity index (χ4v) is 2.62.